The molecule has 1 fully saturated rings. The number of ketones is 1. The topological polar surface area (TPSA) is 26.3 Å². The lowest BCUT2D eigenvalue weighted by molar-refractivity contribution is -0.144. The molecule has 0 N–H and O–H groups in total. The summed E-state index contributed by atoms with van der Waals surface area (Å²) in [5.74, 6) is 1.40. The average molecular weight is 296 g/mol. The van der Waals surface area contributed by atoms with Crippen LogP contribution in [0.4, 0.5) is 0 Å². The van der Waals surface area contributed by atoms with E-state index in [-0.39, 0.29) is 5.41 Å². The summed E-state index contributed by atoms with van der Waals surface area (Å²) in [6.07, 6.45) is 11.9. The Morgan fingerprint density at radius 3 is 2.19 bits per heavy atom. The second-order valence-corrected chi connectivity index (χ2v) is 7.15. The third-order valence-corrected chi connectivity index (χ3v) is 5.69. The first-order chi connectivity index (χ1) is 10.1. The summed E-state index contributed by atoms with van der Waals surface area (Å²) in [7, 11) is 1.74. The number of Topliss-reactive ketones (excluding diaryl/α,β-unsaturated/α-hetero) is 1. The first-order valence-corrected chi connectivity index (χ1v) is 9.11. The Hall–Kier alpha value is -0.370. The van der Waals surface area contributed by atoms with Gasteiger partial charge in [-0.05, 0) is 31.1 Å². The molecule has 0 bridgehead atoms. The Bertz CT molecular complexity index is 288. The molecular weight excluding hydrogens is 260 g/mol. The number of methoxy groups -OCH3 is 1. The van der Waals surface area contributed by atoms with E-state index in [0.717, 1.165) is 12.8 Å². The third-order valence-electron chi connectivity index (χ3n) is 5.69. The quantitative estimate of drug-likeness (QED) is 0.505. The van der Waals surface area contributed by atoms with E-state index in [4.69, 9.17) is 4.74 Å². The molecule has 1 saturated carbocycles. The average Bonchev–Trinajstić information content (AvgIpc) is 2.46. The highest BCUT2D eigenvalue weighted by atomic mass is 16.5. The minimum atomic E-state index is -0.212. The van der Waals surface area contributed by atoms with Gasteiger partial charge in [-0.1, -0.05) is 59.3 Å². The van der Waals surface area contributed by atoms with Crippen LogP contribution in [0.5, 0.6) is 0 Å². The van der Waals surface area contributed by atoms with Crippen LogP contribution in [0, 0.1) is 17.3 Å². The second kappa shape index (κ2) is 9.61. The van der Waals surface area contributed by atoms with E-state index in [0.29, 0.717) is 24.2 Å². The second-order valence-electron chi connectivity index (χ2n) is 7.15. The van der Waals surface area contributed by atoms with E-state index in [1.165, 1.54) is 51.4 Å². The number of hydrogen-bond acceptors (Lipinski definition) is 2. The van der Waals surface area contributed by atoms with Crippen LogP contribution in [0.2, 0.25) is 0 Å². The normalized spacial score (nSPS) is 29.5. The van der Waals surface area contributed by atoms with Gasteiger partial charge in [0.2, 0.25) is 0 Å². The predicted molar refractivity (Wildman–Crippen MR) is 89.5 cm³/mol. The Morgan fingerprint density at radius 2 is 1.62 bits per heavy atom. The molecule has 0 saturated heterocycles. The summed E-state index contributed by atoms with van der Waals surface area (Å²) in [5.41, 5.74) is -0.212. The molecule has 0 aromatic carbocycles. The van der Waals surface area contributed by atoms with Gasteiger partial charge < -0.3 is 4.74 Å². The molecule has 0 amide bonds. The molecule has 1 rings (SSSR count). The summed E-state index contributed by atoms with van der Waals surface area (Å²) in [4.78, 5) is 12.9. The van der Waals surface area contributed by atoms with Gasteiger partial charge in [0.25, 0.3) is 0 Å². The van der Waals surface area contributed by atoms with Crippen molar-refractivity contribution in [3.05, 3.63) is 0 Å². The SMILES string of the molecule is CCCCCCCCC(=O)C1(COC)C(C)CCCC1C. The van der Waals surface area contributed by atoms with E-state index < -0.39 is 0 Å². The molecule has 1 aliphatic rings. The lowest BCUT2D eigenvalue weighted by atomic mass is 9.58. The Morgan fingerprint density at radius 1 is 1.05 bits per heavy atom. The highest BCUT2D eigenvalue weighted by molar-refractivity contribution is 5.85. The summed E-state index contributed by atoms with van der Waals surface area (Å²) in [5, 5.41) is 0. The van der Waals surface area contributed by atoms with Crippen LogP contribution in [0.25, 0.3) is 0 Å². The lowest BCUT2D eigenvalue weighted by Crippen LogP contribution is -2.49. The molecule has 0 heterocycles. The fourth-order valence-corrected chi connectivity index (χ4v) is 4.18. The summed E-state index contributed by atoms with van der Waals surface area (Å²) < 4.78 is 5.49. The predicted octanol–water partition coefficient (Wildman–Crippen LogP) is 5.40. The van der Waals surface area contributed by atoms with Gasteiger partial charge in [0.15, 0.2) is 0 Å². The van der Waals surface area contributed by atoms with Crippen LogP contribution >= 0.6 is 0 Å². The third kappa shape index (κ3) is 4.81. The smallest absolute Gasteiger partial charge is 0.141 e. The van der Waals surface area contributed by atoms with Gasteiger partial charge in [0, 0.05) is 13.5 Å². The number of ether oxygens (including phenoxy) is 1. The van der Waals surface area contributed by atoms with Gasteiger partial charge >= 0.3 is 0 Å². The molecule has 0 aromatic rings. The van der Waals surface area contributed by atoms with Gasteiger partial charge in [0.05, 0.1) is 12.0 Å². The van der Waals surface area contributed by atoms with Crippen LogP contribution in [0.15, 0.2) is 0 Å². The molecule has 1 aliphatic carbocycles. The number of unbranched alkanes of at least 4 members (excludes halogenated alkanes) is 5. The number of hydrogen-bond donors (Lipinski definition) is 0. The zero-order chi connectivity index (χ0) is 15.7. The molecule has 21 heavy (non-hydrogen) atoms. The highest BCUT2D eigenvalue weighted by Gasteiger charge is 2.48. The van der Waals surface area contributed by atoms with Gasteiger partial charge in [-0.3, -0.25) is 4.79 Å². The minimum absolute atomic E-state index is 0.212. The summed E-state index contributed by atoms with van der Waals surface area (Å²) in [6, 6.07) is 0. The van der Waals surface area contributed by atoms with E-state index in [1.54, 1.807) is 7.11 Å². The van der Waals surface area contributed by atoms with Crippen LogP contribution < -0.4 is 0 Å². The molecule has 2 unspecified atom stereocenters. The van der Waals surface area contributed by atoms with Crippen LogP contribution in [-0.2, 0) is 9.53 Å². The van der Waals surface area contributed by atoms with Crippen LogP contribution in [0.1, 0.15) is 85.0 Å². The van der Waals surface area contributed by atoms with Crippen molar-refractivity contribution in [1.82, 2.24) is 0 Å². The zero-order valence-corrected chi connectivity index (χ0v) is 14.7. The monoisotopic (exact) mass is 296 g/mol. The van der Waals surface area contributed by atoms with Crippen molar-refractivity contribution in [3.8, 4) is 0 Å². The van der Waals surface area contributed by atoms with Crippen LogP contribution in [0.3, 0.4) is 0 Å². The zero-order valence-electron chi connectivity index (χ0n) is 14.7. The Labute approximate surface area is 132 Å². The van der Waals surface area contributed by atoms with E-state index in [2.05, 4.69) is 20.8 Å². The molecule has 0 aliphatic heterocycles. The molecule has 0 radical (unpaired) electrons. The van der Waals surface area contributed by atoms with Crippen molar-refractivity contribution in [2.75, 3.05) is 13.7 Å². The fourth-order valence-electron chi connectivity index (χ4n) is 4.18. The van der Waals surface area contributed by atoms with Gasteiger partial charge in [-0.15, -0.1) is 0 Å². The molecule has 124 valence electrons. The lowest BCUT2D eigenvalue weighted by Gasteiger charge is -2.46. The fraction of sp³-hybridized carbons (Fsp3) is 0.947. The maximum atomic E-state index is 12.9. The van der Waals surface area contributed by atoms with E-state index in [1.807, 2.05) is 0 Å². The van der Waals surface area contributed by atoms with E-state index >= 15 is 0 Å². The van der Waals surface area contributed by atoms with Gasteiger partial charge in [-0.25, -0.2) is 0 Å². The number of carbonyl (C=O) groups excluding carboxylic acids is 1. The van der Waals surface area contributed by atoms with Gasteiger partial charge in [0.1, 0.15) is 5.78 Å². The van der Waals surface area contributed by atoms with Crippen molar-refractivity contribution >= 4 is 5.78 Å². The van der Waals surface area contributed by atoms with Crippen molar-refractivity contribution in [2.45, 2.75) is 85.0 Å². The summed E-state index contributed by atoms with van der Waals surface area (Å²) >= 11 is 0. The Kier molecular flexibility index (Phi) is 8.55. The van der Waals surface area contributed by atoms with Crippen LogP contribution in [-0.4, -0.2) is 19.5 Å². The molecular formula is C19H36O2. The maximum absolute atomic E-state index is 12.9. The number of carbonyl (C=O) groups is 1. The molecule has 2 nitrogen and oxygen atoms in total. The maximum Gasteiger partial charge on any atom is 0.141 e. The Balaban J connectivity index is 2.52. The van der Waals surface area contributed by atoms with Crippen molar-refractivity contribution in [3.63, 3.8) is 0 Å². The van der Waals surface area contributed by atoms with E-state index in [9.17, 15) is 4.79 Å². The highest BCUT2D eigenvalue weighted by Crippen LogP contribution is 2.47. The molecule has 0 spiro atoms. The standard InChI is InChI=1S/C19H36O2/c1-5-6-7-8-9-10-14-18(20)19(15-21-4)16(2)12-11-13-17(19)3/h16-17H,5-15H2,1-4H3. The first kappa shape index (κ1) is 18.7. The van der Waals surface area contributed by atoms with Crippen molar-refractivity contribution in [1.29, 1.82) is 0 Å². The molecule has 2 atom stereocenters. The summed E-state index contributed by atoms with van der Waals surface area (Å²) in [6.45, 7) is 7.37. The minimum Gasteiger partial charge on any atom is -0.384 e. The van der Waals surface area contributed by atoms with Crippen molar-refractivity contribution < 1.29 is 9.53 Å². The molecule has 2 heteroatoms. The first-order valence-electron chi connectivity index (χ1n) is 9.11. The van der Waals surface area contributed by atoms with Crippen molar-refractivity contribution in [2.24, 2.45) is 17.3 Å². The number of rotatable bonds is 10. The largest absolute Gasteiger partial charge is 0.384 e. The van der Waals surface area contributed by atoms with Gasteiger partial charge in [-0.2, -0.15) is 0 Å². The molecule has 0 aromatic heterocycles.